The number of carbonyl (C=O) groups is 1. The summed E-state index contributed by atoms with van der Waals surface area (Å²) >= 11 is 1.38. The third kappa shape index (κ3) is 5.32. The lowest BCUT2D eigenvalue weighted by atomic mass is 10.2. The van der Waals surface area contributed by atoms with Gasteiger partial charge >= 0.3 is 0 Å². The molecule has 0 aliphatic carbocycles. The lowest BCUT2D eigenvalue weighted by Gasteiger charge is -2.08. The summed E-state index contributed by atoms with van der Waals surface area (Å²) in [5.74, 6) is -0.305. The average Bonchev–Trinajstić information content (AvgIpc) is 3.06. The smallest absolute Gasteiger partial charge is 0.183 e. The van der Waals surface area contributed by atoms with Gasteiger partial charge in [-0.15, -0.1) is 11.3 Å². The Morgan fingerprint density at radius 2 is 1.84 bits per heavy atom. The van der Waals surface area contributed by atoms with Crippen molar-refractivity contribution in [2.75, 3.05) is 5.32 Å². The first-order chi connectivity index (χ1) is 12.2. The van der Waals surface area contributed by atoms with Gasteiger partial charge in [0.25, 0.3) is 0 Å². The van der Waals surface area contributed by atoms with Gasteiger partial charge in [-0.3, -0.25) is 0 Å². The number of aromatic nitrogens is 1. The zero-order valence-corrected chi connectivity index (χ0v) is 14.3. The van der Waals surface area contributed by atoms with Crippen LogP contribution in [0.15, 0.2) is 60.0 Å². The van der Waals surface area contributed by atoms with Gasteiger partial charge in [0.05, 0.1) is 5.69 Å². The second-order valence-electron chi connectivity index (χ2n) is 5.46. The number of aliphatic carboxylic acids is 1. The fraction of sp³-hybridized carbons (Fsp3) is 0.158. The number of nitrogens with zero attached hydrogens (tertiary/aromatic N) is 1. The topological polar surface area (TPSA) is 74.3 Å². The van der Waals surface area contributed by atoms with Crippen LogP contribution in [0.5, 0.6) is 5.75 Å². The van der Waals surface area contributed by atoms with E-state index >= 15 is 0 Å². The number of carboxylic acid groups (broad SMARTS) is 1. The van der Waals surface area contributed by atoms with E-state index < -0.39 is 5.97 Å². The Hall–Kier alpha value is -2.86. The predicted molar refractivity (Wildman–Crippen MR) is 95.4 cm³/mol. The van der Waals surface area contributed by atoms with E-state index in [0.29, 0.717) is 24.0 Å². The van der Waals surface area contributed by atoms with Crippen molar-refractivity contribution < 1.29 is 14.6 Å². The number of ether oxygens (including phenoxy) is 1. The van der Waals surface area contributed by atoms with E-state index in [0.717, 1.165) is 16.9 Å². The highest BCUT2D eigenvalue weighted by Crippen LogP contribution is 2.18. The molecule has 0 aliphatic heterocycles. The van der Waals surface area contributed by atoms with Crippen LogP contribution in [0.3, 0.4) is 0 Å². The molecule has 1 aromatic heterocycles. The van der Waals surface area contributed by atoms with Crippen LogP contribution in [-0.2, 0) is 24.4 Å². The number of thiazole rings is 1. The Morgan fingerprint density at radius 3 is 2.56 bits per heavy atom. The molecule has 0 amide bonds. The van der Waals surface area contributed by atoms with Crippen LogP contribution >= 0.6 is 11.3 Å². The highest BCUT2D eigenvalue weighted by Gasteiger charge is 2.03. The number of nitrogens with one attached hydrogen (secondary N) is 1. The van der Waals surface area contributed by atoms with Gasteiger partial charge in [-0.25, -0.2) is 4.98 Å². The lowest BCUT2D eigenvalue weighted by Crippen LogP contribution is -2.24. The SMILES string of the molecule is O=C([O-])Cc1csc(NCc2ccc(OCc3ccccc3)cc2)n1. The minimum Gasteiger partial charge on any atom is -0.550 e. The first kappa shape index (κ1) is 17.0. The van der Waals surface area contributed by atoms with Crippen molar-refractivity contribution in [3.8, 4) is 5.75 Å². The van der Waals surface area contributed by atoms with Gasteiger partial charge in [0.1, 0.15) is 12.4 Å². The number of hydrogen-bond donors (Lipinski definition) is 1. The molecule has 0 unspecified atom stereocenters. The third-order valence-corrected chi connectivity index (χ3v) is 4.34. The average molecular weight is 353 g/mol. The van der Waals surface area contributed by atoms with Crippen molar-refractivity contribution in [3.05, 3.63) is 76.8 Å². The molecule has 0 bridgehead atoms. The Morgan fingerprint density at radius 1 is 1.08 bits per heavy atom. The summed E-state index contributed by atoms with van der Waals surface area (Å²) in [4.78, 5) is 14.8. The molecule has 128 valence electrons. The fourth-order valence-corrected chi connectivity index (χ4v) is 2.95. The predicted octanol–water partition coefficient (Wildman–Crippen LogP) is 2.63. The summed E-state index contributed by atoms with van der Waals surface area (Å²) in [6.07, 6.45) is -0.161. The maximum Gasteiger partial charge on any atom is 0.183 e. The van der Waals surface area contributed by atoms with Gasteiger partial charge in [-0.05, 0) is 23.3 Å². The van der Waals surface area contributed by atoms with Crippen LogP contribution in [0.1, 0.15) is 16.8 Å². The molecule has 6 heteroatoms. The summed E-state index contributed by atoms with van der Waals surface area (Å²) in [7, 11) is 0. The standard InChI is InChI=1S/C19H18N2O3S/c22-18(23)10-16-13-25-19(21-16)20-11-14-6-8-17(9-7-14)24-12-15-4-2-1-3-5-15/h1-9,13H,10-12H2,(H,20,21)(H,22,23)/p-1. The number of carboxylic acids is 1. The summed E-state index contributed by atoms with van der Waals surface area (Å²) in [5, 5.41) is 16.2. The first-order valence-electron chi connectivity index (χ1n) is 7.83. The molecule has 3 aromatic rings. The second-order valence-corrected chi connectivity index (χ2v) is 6.32. The minimum atomic E-state index is -1.12. The van der Waals surface area contributed by atoms with Crippen LogP contribution < -0.4 is 15.2 Å². The largest absolute Gasteiger partial charge is 0.550 e. The Labute approximate surface area is 149 Å². The van der Waals surface area contributed by atoms with Gasteiger partial charge in [-0.1, -0.05) is 42.5 Å². The molecule has 2 aromatic carbocycles. The number of rotatable bonds is 8. The minimum absolute atomic E-state index is 0.161. The van der Waals surface area contributed by atoms with Gasteiger partial charge in [0.15, 0.2) is 5.13 Å². The normalized spacial score (nSPS) is 10.4. The molecular weight excluding hydrogens is 336 g/mol. The van der Waals surface area contributed by atoms with E-state index in [-0.39, 0.29) is 6.42 Å². The van der Waals surface area contributed by atoms with E-state index in [1.54, 1.807) is 5.38 Å². The highest BCUT2D eigenvalue weighted by molar-refractivity contribution is 7.13. The monoisotopic (exact) mass is 353 g/mol. The molecule has 1 N–H and O–H groups in total. The molecule has 1 heterocycles. The molecule has 25 heavy (non-hydrogen) atoms. The first-order valence-corrected chi connectivity index (χ1v) is 8.71. The van der Waals surface area contributed by atoms with Gasteiger partial charge in [0, 0.05) is 24.3 Å². The number of carbonyl (C=O) groups excluding carboxylic acids is 1. The van der Waals surface area contributed by atoms with Crippen molar-refractivity contribution >= 4 is 22.4 Å². The maximum atomic E-state index is 10.6. The molecular formula is C19H17N2O3S-. The molecule has 0 saturated heterocycles. The van der Waals surface area contributed by atoms with Crippen molar-refractivity contribution in [1.82, 2.24) is 4.98 Å². The molecule has 5 nitrogen and oxygen atoms in total. The van der Waals surface area contributed by atoms with Crippen molar-refractivity contribution in [2.45, 2.75) is 19.6 Å². The molecule has 0 saturated carbocycles. The van der Waals surface area contributed by atoms with E-state index in [1.807, 2.05) is 54.6 Å². The van der Waals surface area contributed by atoms with Crippen LogP contribution in [0.4, 0.5) is 5.13 Å². The maximum absolute atomic E-state index is 10.6. The summed E-state index contributed by atoms with van der Waals surface area (Å²) in [5.41, 5.74) is 2.73. The van der Waals surface area contributed by atoms with E-state index in [4.69, 9.17) is 4.74 Å². The summed E-state index contributed by atoms with van der Waals surface area (Å²) < 4.78 is 5.76. The number of benzene rings is 2. The van der Waals surface area contributed by atoms with Crippen LogP contribution in [0.2, 0.25) is 0 Å². The fourth-order valence-electron chi connectivity index (χ4n) is 2.24. The van der Waals surface area contributed by atoms with Gasteiger partial charge in [0.2, 0.25) is 0 Å². The third-order valence-electron chi connectivity index (χ3n) is 3.49. The molecule has 0 spiro atoms. The van der Waals surface area contributed by atoms with Gasteiger partial charge in [-0.2, -0.15) is 0 Å². The zero-order chi connectivity index (χ0) is 17.5. The highest BCUT2D eigenvalue weighted by atomic mass is 32.1. The molecule has 0 atom stereocenters. The zero-order valence-electron chi connectivity index (χ0n) is 13.5. The van der Waals surface area contributed by atoms with Crippen LogP contribution in [-0.4, -0.2) is 11.0 Å². The number of anilines is 1. The summed E-state index contributed by atoms with van der Waals surface area (Å²) in [6, 6.07) is 17.9. The van der Waals surface area contributed by atoms with Gasteiger partial charge < -0.3 is 20.0 Å². The lowest BCUT2D eigenvalue weighted by molar-refractivity contribution is -0.304. The molecule has 0 aliphatic rings. The molecule has 3 rings (SSSR count). The van der Waals surface area contributed by atoms with Crippen molar-refractivity contribution in [3.63, 3.8) is 0 Å². The second kappa shape index (κ2) is 8.30. The van der Waals surface area contributed by atoms with Crippen molar-refractivity contribution in [1.29, 1.82) is 0 Å². The van der Waals surface area contributed by atoms with Crippen LogP contribution in [0, 0.1) is 0 Å². The van der Waals surface area contributed by atoms with E-state index in [2.05, 4.69) is 10.3 Å². The van der Waals surface area contributed by atoms with E-state index in [1.165, 1.54) is 11.3 Å². The van der Waals surface area contributed by atoms with Crippen LogP contribution in [0.25, 0.3) is 0 Å². The summed E-state index contributed by atoms with van der Waals surface area (Å²) in [6.45, 7) is 1.15. The van der Waals surface area contributed by atoms with Crippen molar-refractivity contribution in [2.24, 2.45) is 0 Å². The van der Waals surface area contributed by atoms with E-state index in [9.17, 15) is 9.90 Å². The molecule has 0 fully saturated rings. The Bertz CT molecular complexity index is 816. The quantitative estimate of drug-likeness (QED) is 0.674. The Balaban J connectivity index is 1.49. The number of hydrogen-bond acceptors (Lipinski definition) is 6. The molecule has 0 radical (unpaired) electrons. The Kier molecular flexibility index (Phi) is 5.64.